The van der Waals surface area contributed by atoms with Crippen LogP contribution in [-0.2, 0) is 0 Å². The second-order valence-electron chi connectivity index (χ2n) is 10.4. The van der Waals surface area contributed by atoms with Gasteiger partial charge in [-0.15, -0.1) is 22.7 Å². The molecule has 48 heavy (non-hydrogen) atoms. The molecule has 0 fully saturated rings. The van der Waals surface area contributed by atoms with Crippen LogP contribution in [0.5, 0.6) is 0 Å². The van der Waals surface area contributed by atoms with Crippen molar-refractivity contribution in [3.8, 4) is 11.4 Å². The highest BCUT2D eigenvalue weighted by atomic mass is 32.2. The number of benzene rings is 3. The fourth-order valence-electron chi connectivity index (χ4n) is 5.35. The van der Waals surface area contributed by atoms with Crippen LogP contribution in [0.4, 0.5) is 0 Å². The molecule has 0 amide bonds. The van der Waals surface area contributed by atoms with E-state index in [4.69, 9.17) is 9.97 Å². The molecule has 3 aromatic carbocycles. The minimum atomic E-state index is -0.248. The van der Waals surface area contributed by atoms with Crippen molar-refractivity contribution in [2.45, 2.75) is 20.1 Å². The molecule has 230 valence electrons. The SMILES string of the molecule is O=c1c2sc3nccnc3c2nc(Sc2ccccc2)n1-c1cccc(-n2c(Sc3ccccc3)nc3c(sc4nccnc43)c2=O)c1. The summed E-state index contributed by atoms with van der Waals surface area (Å²) >= 11 is 5.28. The van der Waals surface area contributed by atoms with Crippen molar-refractivity contribution < 1.29 is 0 Å². The summed E-state index contributed by atoms with van der Waals surface area (Å²) in [5.41, 5.74) is 2.80. The van der Waals surface area contributed by atoms with Gasteiger partial charge in [-0.2, -0.15) is 0 Å². The summed E-state index contributed by atoms with van der Waals surface area (Å²) in [6.07, 6.45) is 6.42. The first-order chi connectivity index (χ1) is 23.6. The number of nitrogens with zero attached hydrogens (tertiary/aromatic N) is 8. The highest BCUT2D eigenvalue weighted by Gasteiger charge is 2.22. The molecule has 9 aromatic rings. The third-order valence-electron chi connectivity index (χ3n) is 7.45. The molecule has 0 spiro atoms. The zero-order valence-electron chi connectivity index (χ0n) is 24.4. The molecule has 9 rings (SSSR count). The molecule has 10 nitrogen and oxygen atoms in total. The molecular weight excluding hydrogens is 681 g/mol. The summed E-state index contributed by atoms with van der Waals surface area (Å²) in [6, 6.07) is 26.8. The van der Waals surface area contributed by atoms with Gasteiger partial charge in [-0.05, 0) is 42.5 Å². The lowest BCUT2D eigenvalue weighted by molar-refractivity contribution is 0.804. The summed E-state index contributed by atoms with van der Waals surface area (Å²) in [4.78, 5) is 59.7. The van der Waals surface area contributed by atoms with Crippen LogP contribution in [0.15, 0.2) is 139 Å². The Hall–Kier alpha value is -5.28. The largest absolute Gasteiger partial charge is 0.276 e. The zero-order chi connectivity index (χ0) is 32.2. The number of hydrogen-bond donors (Lipinski definition) is 0. The van der Waals surface area contributed by atoms with E-state index in [9.17, 15) is 9.59 Å². The van der Waals surface area contributed by atoms with Gasteiger partial charge in [-0.3, -0.25) is 18.7 Å². The Balaban J connectivity index is 1.29. The van der Waals surface area contributed by atoms with Gasteiger partial charge in [-0.25, -0.2) is 29.9 Å². The van der Waals surface area contributed by atoms with Crippen LogP contribution in [0.3, 0.4) is 0 Å². The molecule has 14 heteroatoms. The van der Waals surface area contributed by atoms with Crippen LogP contribution < -0.4 is 11.1 Å². The average molecular weight is 699 g/mol. The topological polar surface area (TPSA) is 121 Å². The second kappa shape index (κ2) is 11.8. The van der Waals surface area contributed by atoms with Gasteiger partial charge in [0.15, 0.2) is 10.3 Å². The molecule has 0 unspecified atom stereocenters. The van der Waals surface area contributed by atoms with Crippen molar-refractivity contribution in [2.75, 3.05) is 0 Å². The standard InChI is InChI=1S/C34H18N8O2S4/c43-31-27-23(25-29(47-27)37-16-14-35-25)39-33(45-21-10-3-1-4-11-21)41(31)19-8-7-9-20(18-19)42-32(44)28-24(26-30(48-28)38-17-15-36-26)40-34(42)46-22-12-5-2-6-13-22/h1-18H. The van der Waals surface area contributed by atoms with Gasteiger partial charge in [0, 0.05) is 34.6 Å². The predicted octanol–water partition coefficient (Wildman–Crippen LogP) is 7.40. The van der Waals surface area contributed by atoms with Crippen LogP contribution in [0, 0.1) is 0 Å². The Morgan fingerprint density at radius 2 is 0.938 bits per heavy atom. The highest BCUT2D eigenvalue weighted by molar-refractivity contribution is 7.99. The van der Waals surface area contributed by atoms with Gasteiger partial charge >= 0.3 is 0 Å². The molecule has 0 N–H and O–H groups in total. The van der Waals surface area contributed by atoms with Gasteiger partial charge in [0.05, 0.1) is 11.4 Å². The molecule has 0 aliphatic carbocycles. The molecule has 0 radical (unpaired) electrons. The highest BCUT2D eigenvalue weighted by Crippen LogP contribution is 2.35. The Morgan fingerprint density at radius 3 is 1.40 bits per heavy atom. The Kier molecular flexibility index (Phi) is 7.08. The van der Waals surface area contributed by atoms with Gasteiger partial charge in [0.2, 0.25) is 0 Å². The number of fused-ring (bicyclic) bond motifs is 6. The summed E-state index contributed by atoms with van der Waals surface area (Å²) in [5, 5.41) is 0.922. The summed E-state index contributed by atoms with van der Waals surface area (Å²) in [6.45, 7) is 0. The minimum absolute atomic E-state index is 0.248. The number of aromatic nitrogens is 8. The smallest absolute Gasteiger partial charge is 0.267 e. The van der Waals surface area contributed by atoms with Crippen LogP contribution in [-0.4, -0.2) is 39.0 Å². The molecule has 0 saturated carbocycles. The summed E-state index contributed by atoms with van der Waals surface area (Å²) in [7, 11) is 0. The summed E-state index contributed by atoms with van der Waals surface area (Å²) in [5.74, 6) is 0. The minimum Gasteiger partial charge on any atom is -0.267 e. The lowest BCUT2D eigenvalue weighted by Gasteiger charge is -2.15. The Morgan fingerprint density at radius 1 is 0.500 bits per heavy atom. The van der Waals surface area contributed by atoms with Crippen molar-refractivity contribution in [1.82, 2.24) is 39.0 Å². The molecule has 6 heterocycles. The van der Waals surface area contributed by atoms with E-state index in [0.29, 0.717) is 62.8 Å². The van der Waals surface area contributed by atoms with E-state index in [1.165, 1.54) is 46.2 Å². The molecular formula is C34H18N8O2S4. The zero-order valence-corrected chi connectivity index (χ0v) is 27.7. The van der Waals surface area contributed by atoms with Crippen molar-refractivity contribution in [3.63, 3.8) is 0 Å². The van der Waals surface area contributed by atoms with E-state index >= 15 is 0 Å². The van der Waals surface area contributed by atoms with Crippen LogP contribution in [0.25, 0.3) is 52.5 Å². The van der Waals surface area contributed by atoms with Gasteiger partial charge in [-0.1, -0.05) is 66.0 Å². The maximum absolute atomic E-state index is 14.4. The predicted molar refractivity (Wildman–Crippen MR) is 191 cm³/mol. The van der Waals surface area contributed by atoms with E-state index in [1.807, 2.05) is 84.9 Å². The van der Waals surface area contributed by atoms with E-state index in [0.717, 1.165) is 9.79 Å². The molecule has 0 saturated heterocycles. The first-order valence-corrected chi connectivity index (χ1v) is 17.8. The van der Waals surface area contributed by atoms with Crippen molar-refractivity contribution in [1.29, 1.82) is 0 Å². The molecule has 6 aromatic heterocycles. The number of rotatable bonds is 6. The number of thiophene rings is 2. The fraction of sp³-hybridized carbons (Fsp3) is 0. The quantitative estimate of drug-likeness (QED) is 0.163. The molecule has 0 aliphatic rings. The lowest BCUT2D eigenvalue weighted by Crippen LogP contribution is -2.23. The van der Waals surface area contributed by atoms with Crippen molar-refractivity contribution >= 4 is 87.3 Å². The maximum Gasteiger partial charge on any atom is 0.276 e. The van der Waals surface area contributed by atoms with Crippen LogP contribution in [0.2, 0.25) is 0 Å². The first-order valence-electron chi connectivity index (χ1n) is 14.5. The summed E-state index contributed by atoms with van der Waals surface area (Å²) < 4.78 is 4.08. The monoisotopic (exact) mass is 698 g/mol. The van der Waals surface area contributed by atoms with E-state index in [1.54, 1.807) is 33.9 Å². The van der Waals surface area contributed by atoms with Gasteiger partial charge < -0.3 is 0 Å². The molecule has 0 bridgehead atoms. The first kappa shape index (κ1) is 28.9. The third-order valence-corrected chi connectivity index (χ3v) is 11.5. The second-order valence-corrected chi connectivity index (χ2v) is 14.5. The average Bonchev–Trinajstić information content (AvgIpc) is 3.69. The van der Waals surface area contributed by atoms with Crippen LogP contribution >= 0.6 is 46.2 Å². The number of hydrogen-bond acceptors (Lipinski definition) is 12. The van der Waals surface area contributed by atoms with Crippen molar-refractivity contribution in [3.05, 3.63) is 130 Å². The molecule has 0 atom stereocenters. The van der Waals surface area contributed by atoms with Gasteiger partial charge in [0.1, 0.15) is 41.1 Å². The van der Waals surface area contributed by atoms with Crippen LogP contribution in [0.1, 0.15) is 0 Å². The molecule has 0 aliphatic heterocycles. The Labute approximate surface area is 286 Å². The Bertz CT molecular complexity index is 2610. The fourth-order valence-corrected chi connectivity index (χ4v) is 9.13. The van der Waals surface area contributed by atoms with Gasteiger partial charge in [0.25, 0.3) is 11.1 Å². The normalized spacial score (nSPS) is 11.7. The third kappa shape index (κ3) is 4.88. The van der Waals surface area contributed by atoms with E-state index < -0.39 is 0 Å². The van der Waals surface area contributed by atoms with E-state index in [2.05, 4.69) is 19.9 Å². The lowest BCUT2D eigenvalue weighted by atomic mass is 10.2. The maximum atomic E-state index is 14.4. The van der Waals surface area contributed by atoms with E-state index in [-0.39, 0.29) is 11.1 Å². The van der Waals surface area contributed by atoms with Crippen molar-refractivity contribution in [2.24, 2.45) is 0 Å².